The van der Waals surface area contributed by atoms with Gasteiger partial charge in [0.05, 0.1) is 11.7 Å². The Hall–Kier alpha value is -3.95. The van der Waals surface area contributed by atoms with Crippen LogP contribution in [-0.2, 0) is 0 Å². The van der Waals surface area contributed by atoms with Gasteiger partial charge in [0.25, 0.3) is 0 Å². The molecular formula is C47H48N2S. The number of thioether (sulfide) groups is 1. The first-order chi connectivity index (χ1) is 24.8. The van der Waals surface area contributed by atoms with E-state index < -0.39 is 0 Å². The first-order valence-corrected chi connectivity index (χ1v) is 20.3. The predicted molar refractivity (Wildman–Crippen MR) is 212 cm³/mol. The van der Waals surface area contributed by atoms with Gasteiger partial charge in [-0.25, -0.2) is 0 Å². The molecule has 3 heteroatoms. The van der Waals surface area contributed by atoms with Gasteiger partial charge < -0.3 is 10.2 Å². The van der Waals surface area contributed by atoms with E-state index in [2.05, 4.69) is 156 Å². The average molecular weight is 673 g/mol. The van der Waals surface area contributed by atoms with Gasteiger partial charge >= 0.3 is 0 Å². The third kappa shape index (κ3) is 5.39. The lowest BCUT2D eigenvalue weighted by Gasteiger charge is -2.41. The largest absolute Gasteiger partial charge is 0.365 e. The molecule has 252 valence electrons. The number of fused-ring (bicyclic) bond motifs is 6. The van der Waals surface area contributed by atoms with Crippen molar-refractivity contribution in [3.05, 3.63) is 167 Å². The second-order valence-electron chi connectivity index (χ2n) is 15.7. The number of anilines is 1. The molecule has 9 atom stereocenters. The van der Waals surface area contributed by atoms with E-state index in [4.69, 9.17) is 0 Å². The summed E-state index contributed by atoms with van der Waals surface area (Å²) in [7, 11) is 0. The van der Waals surface area contributed by atoms with Crippen LogP contribution in [0.4, 0.5) is 5.69 Å². The number of nitrogens with one attached hydrogen (secondary N) is 1. The highest BCUT2D eigenvalue weighted by Crippen LogP contribution is 2.54. The number of hydrogen-bond acceptors (Lipinski definition) is 3. The predicted octanol–water partition coefficient (Wildman–Crippen LogP) is 10.9. The lowest BCUT2D eigenvalue weighted by molar-refractivity contribution is 0.368. The molecule has 0 saturated carbocycles. The standard InChI is InChI=1S/C47H48N2S/c1-3-13-31(14-4-1)36-28-42(32-15-5-2-6-16-32)48-46(30-36)49-43-23-9-7-19-38(43)39-26-25-34(29-44(39)49)33-17-11-18-35(27-33)37-21-12-22-41-40-20-8-10-24-45(40)50-47(37)41/h1-5,7,9-13,15,17-19,21-26,30-31,35-37,40,42,44-45,47-48H,6,8,14,16,20,27-29H2. The summed E-state index contributed by atoms with van der Waals surface area (Å²) in [5, 5.41) is 5.43. The Labute approximate surface area is 302 Å². The van der Waals surface area contributed by atoms with E-state index in [1.54, 1.807) is 11.1 Å². The van der Waals surface area contributed by atoms with Crippen LogP contribution in [0.25, 0.3) is 5.57 Å². The Balaban J connectivity index is 0.941. The fourth-order valence-corrected chi connectivity index (χ4v) is 12.3. The molecule has 0 spiro atoms. The molecule has 0 amide bonds. The molecule has 3 aliphatic heterocycles. The highest BCUT2D eigenvalue weighted by atomic mass is 32.2. The van der Waals surface area contributed by atoms with E-state index in [1.807, 2.05) is 0 Å². The SMILES string of the molecule is C1=CCCC(C2CC(C3C=CC=CC3)C=C(N3c4ccccc4C4=CC=C(C5=CC=CC(C6C=CC=C7C8CCC=CC8SC76)C5)CC43)N2)=C1. The minimum Gasteiger partial charge on any atom is -0.365 e. The van der Waals surface area contributed by atoms with Gasteiger partial charge in [-0.05, 0) is 115 Å². The maximum absolute atomic E-state index is 4.15. The Kier molecular flexibility index (Phi) is 8.01. The molecule has 0 bridgehead atoms. The number of allylic oxidation sites excluding steroid dienone is 18. The summed E-state index contributed by atoms with van der Waals surface area (Å²) in [5.41, 5.74) is 10.5. The van der Waals surface area contributed by atoms with Crippen LogP contribution < -0.4 is 10.2 Å². The van der Waals surface area contributed by atoms with E-state index in [1.165, 1.54) is 46.6 Å². The Bertz CT molecular complexity index is 1930. The molecule has 1 fully saturated rings. The topological polar surface area (TPSA) is 15.3 Å². The molecule has 1 N–H and O–H groups in total. The highest BCUT2D eigenvalue weighted by molar-refractivity contribution is 8.01. The second-order valence-corrected chi connectivity index (χ2v) is 17.0. The van der Waals surface area contributed by atoms with Crippen LogP contribution in [0.1, 0.15) is 56.9 Å². The van der Waals surface area contributed by atoms with Crippen molar-refractivity contribution in [1.29, 1.82) is 0 Å². The number of benzene rings is 1. The zero-order valence-electron chi connectivity index (χ0n) is 28.9. The van der Waals surface area contributed by atoms with Gasteiger partial charge in [-0.15, -0.1) is 11.8 Å². The summed E-state index contributed by atoms with van der Waals surface area (Å²) in [6.07, 6.45) is 52.7. The number of rotatable bonds is 5. The summed E-state index contributed by atoms with van der Waals surface area (Å²) >= 11 is 2.24. The fourth-order valence-electron chi connectivity index (χ4n) is 10.4. The van der Waals surface area contributed by atoms with Gasteiger partial charge in [0, 0.05) is 22.1 Å². The lowest BCUT2D eigenvalue weighted by Crippen LogP contribution is -2.46. The van der Waals surface area contributed by atoms with Gasteiger partial charge in [0.2, 0.25) is 0 Å². The van der Waals surface area contributed by atoms with Crippen molar-refractivity contribution in [3.63, 3.8) is 0 Å². The first-order valence-electron chi connectivity index (χ1n) is 19.3. The molecule has 1 saturated heterocycles. The summed E-state index contributed by atoms with van der Waals surface area (Å²) in [4.78, 5) is 2.69. The van der Waals surface area contributed by atoms with Crippen molar-refractivity contribution in [2.75, 3.05) is 4.90 Å². The molecule has 2 nitrogen and oxygen atoms in total. The molecule has 1 aromatic carbocycles. The van der Waals surface area contributed by atoms with Crippen LogP contribution in [0.3, 0.4) is 0 Å². The van der Waals surface area contributed by atoms with E-state index in [9.17, 15) is 0 Å². The van der Waals surface area contributed by atoms with Crippen molar-refractivity contribution < 1.29 is 0 Å². The van der Waals surface area contributed by atoms with Crippen LogP contribution in [0.5, 0.6) is 0 Å². The number of hydrogen-bond donors (Lipinski definition) is 1. The van der Waals surface area contributed by atoms with E-state index >= 15 is 0 Å². The first kappa shape index (κ1) is 30.8. The summed E-state index contributed by atoms with van der Waals surface area (Å²) < 4.78 is 0. The average Bonchev–Trinajstić information content (AvgIpc) is 3.74. The van der Waals surface area contributed by atoms with Crippen molar-refractivity contribution in [1.82, 2.24) is 5.32 Å². The van der Waals surface area contributed by atoms with Gasteiger partial charge in [0.15, 0.2) is 0 Å². The second kappa shape index (κ2) is 13.0. The molecule has 9 aliphatic rings. The Morgan fingerprint density at radius 3 is 2.58 bits per heavy atom. The third-order valence-electron chi connectivity index (χ3n) is 13.0. The van der Waals surface area contributed by atoms with Gasteiger partial charge in [-0.1, -0.05) is 127 Å². The van der Waals surface area contributed by atoms with Gasteiger partial charge in [0.1, 0.15) is 5.82 Å². The van der Waals surface area contributed by atoms with Crippen molar-refractivity contribution >= 4 is 23.0 Å². The van der Waals surface area contributed by atoms with Crippen LogP contribution in [0, 0.1) is 29.6 Å². The van der Waals surface area contributed by atoms with Crippen LogP contribution in [0.2, 0.25) is 0 Å². The fraction of sp³-hybridized carbons (Fsp3) is 0.362. The number of para-hydroxylation sites is 1. The summed E-state index contributed by atoms with van der Waals surface area (Å²) in [6.45, 7) is 0. The van der Waals surface area contributed by atoms with Gasteiger partial charge in [-0.3, -0.25) is 0 Å². The zero-order valence-corrected chi connectivity index (χ0v) is 29.7. The molecule has 1 aromatic rings. The smallest absolute Gasteiger partial charge is 0.103 e. The van der Waals surface area contributed by atoms with Crippen molar-refractivity contribution in [2.45, 2.75) is 74.0 Å². The summed E-state index contributed by atoms with van der Waals surface area (Å²) in [5.74, 6) is 4.21. The minimum absolute atomic E-state index is 0.294. The Morgan fingerprint density at radius 1 is 0.740 bits per heavy atom. The molecule has 10 rings (SSSR count). The highest BCUT2D eigenvalue weighted by Gasteiger charge is 2.45. The summed E-state index contributed by atoms with van der Waals surface area (Å²) in [6, 6.07) is 9.81. The third-order valence-corrected chi connectivity index (χ3v) is 14.6. The van der Waals surface area contributed by atoms with E-state index in [0.29, 0.717) is 46.3 Å². The molecule has 0 aromatic heterocycles. The van der Waals surface area contributed by atoms with Crippen LogP contribution in [-0.4, -0.2) is 22.6 Å². The van der Waals surface area contributed by atoms with Crippen LogP contribution in [0.15, 0.2) is 162 Å². The molecule has 3 heterocycles. The molecular weight excluding hydrogens is 625 g/mol. The van der Waals surface area contributed by atoms with Crippen LogP contribution >= 0.6 is 11.8 Å². The van der Waals surface area contributed by atoms with Crippen molar-refractivity contribution in [2.24, 2.45) is 29.6 Å². The van der Waals surface area contributed by atoms with Gasteiger partial charge in [-0.2, -0.15) is 0 Å². The number of nitrogens with zero attached hydrogens (tertiary/aromatic N) is 1. The maximum Gasteiger partial charge on any atom is 0.103 e. The zero-order chi connectivity index (χ0) is 33.0. The van der Waals surface area contributed by atoms with E-state index in [-0.39, 0.29) is 0 Å². The molecule has 9 unspecified atom stereocenters. The molecule has 0 radical (unpaired) electrons. The normalized spacial score (nSPS) is 36.2. The molecule has 50 heavy (non-hydrogen) atoms. The monoisotopic (exact) mass is 672 g/mol. The Morgan fingerprint density at radius 2 is 1.66 bits per heavy atom. The molecule has 6 aliphatic carbocycles. The van der Waals surface area contributed by atoms with E-state index in [0.717, 1.165) is 44.4 Å². The lowest BCUT2D eigenvalue weighted by atomic mass is 9.73. The minimum atomic E-state index is 0.294. The van der Waals surface area contributed by atoms with Crippen molar-refractivity contribution in [3.8, 4) is 0 Å². The quantitative estimate of drug-likeness (QED) is 0.314. The maximum atomic E-state index is 4.15.